The first-order chi connectivity index (χ1) is 9.29. The summed E-state index contributed by atoms with van der Waals surface area (Å²) in [5.74, 6) is 0.271. The van der Waals surface area contributed by atoms with Gasteiger partial charge in [-0.15, -0.1) is 0 Å². The van der Waals surface area contributed by atoms with Crippen LogP contribution < -0.4 is 10.5 Å². The van der Waals surface area contributed by atoms with Crippen LogP contribution in [0.15, 0.2) is 39.7 Å². The molecule has 0 bridgehead atoms. The van der Waals surface area contributed by atoms with Crippen molar-refractivity contribution in [3.05, 3.63) is 46.1 Å². The van der Waals surface area contributed by atoms with Gasteiger partial charge in [0.1, 0.15) is 5.82 Å². The molecule has 0 saturated carbocycles. The molecule has 20 heavy (non-hydrogen) atoms. The van der Waals surface area contributed by atoms with Crippen molar-refractivity contribution >= 4 is 37.5 Å². The number of aromatic nitrogens is 1. The minimum Gasteiger partial charge on any atom is -0.399 e. The van der Waals surface area contributed by atoms with Crippen molar-refractivity contribution in [3.63, 3.8) is 0 Å². The Kier molecular flexibility index (Phi) is 4.01. The maximum absolute atomic E-state index is 12.4. The van der Waals surface area contributed by atoms with E-state index in [4.69, 9.17) is 5.73 Å². The lowest BCUT2D eigenvalue weighted by molar-refractivity contribution is 0.600. The molecule has 0 aliphatic heterocycles. The van der Waals surface area contributed by atoms with Gasteiger partial charge >= 0.3 is 0 Å². The Balaban J connectivity index is 2.40. The van der Waals surface area contributed by atoms with Crippen LogP contribution >= 0.6 is 15.9 Å². The van der Waals surface area contributed by atoms with Gasteiger partial charge in [-0.2, -0.15) is 0 Å². The topological polar surface area (TPSA) is 85.1 Å². The van der Waals surface area contributed by atoms with Crippen LogP contribution in [0.2, 0.25) is 0 Å². The molecule has 5 nitrogen and oxygen atoms in total. The van der Waals surface area contributed by atoms with E-state index in [0.29, 0.717) is 16.9 Å². The van der Waals surface area contributed by atoms with Crippen LogP contribution in [0.1, 0.15) is 11.3 Å². The molecule has 0 atom stereocenters. The SMILES string of the molecule is Cc1ccc(N)cc1S(=O)(=O)Nc1ccc(Br)c(C)n1. The van der Waals surface area contributed by atoms with Gasteiger partial charge in [0.15, 0.2) is 0 Å². The standard InChI is InChI=1S/C13H14BrN3O2S/c1-8-3-4-10(15)7-12(8)20(18,19)17-13-6-5-11(14)9(2)16-13/h3-7H,15H2,1-2H3,(H,16,17). The van der Waals surface area contributed by atoms with Crippen molar-refractivity contribution in [3.8, 4) is 0 Å². The van der Waals surface area contributed by atoms with E-state index in [2.05, 4.69) is 25.6 Å². The predicted octanol–water partition coefficient (Wildman–Crippen LogP) is 2.84. The fourth-order valence-electron chi connectivity index (χ4n) is 1.70. The number of hydrogen-bond acceptors (Lipinski definition) is 4. The smallest absolute Gasteiger partial charge is 0.263 e. The predicted molar refractivity (Wildman–Crippen MR) is 83.1 cm³/mol. The average Bonchev–Trinajstić information content (AvgIpc) is 2.36. The van der Waals surface area contributed by atoms with E-state index in [-0.39, 0.29) is 10.7 Å². The highest BCUT2D eigenvalue weighted by Gasteiger charge is 2.18. The number of nitrogen functional groups attached to an aromatic ring is 1. The molecule has 0 radical (unpaired) electrons. The van der Waals surface area contributed by atoms with Crippen molar-refractivity contribution in [2.45, 2.75) is 18.7 Å². The highest BCUT2D eigenvalue weighted by molar-refractivity contribution is 9.10. The summed E-state index contributed by atoms with van der Waals surface area (Å²) in [5, 5.41) is 0. The zero-order valence-corrected chi connectivity index (χ0v) is 13.4. The Labute approximate surface area is 126 Å². The molecule has 1 aromatic heterocycles. The number of nitrogens with two attached hydrogens (primary N) is 1. The van der Waals surface area contributed by atoms with Crippen LogP contribution in [-0.2, 0) is 10.0 Å². The number of anilines is 2. The maximum atomic E-state index is 12.4. The quantitative estimate of drug-likeness (QED) is 0.829. The average molecular weight is 356 g/mol. The summed E-state index contributed by atoms with van der Waals surface area (Å²) in [6.45, 7) is 3.50. The Morgan fingerprint density at radius 1 is 1.20 bits per heavy atom. The van der Waals surface area contributed by atoms with Crippen molar-refractivity contribution in [2.75, 3.05) is 10.5 Å². The van der Waals surface area contributed by atoms with Gasteiger partial charge in [0, 0.05) is 10.2 Å². The van der Waals surface area contributed by atoms with Gasteiger partial charge in [-0.25, -0.2) is 13.4 Å². The van der Waals surface area contributed by atoms with Gasteiger partial charge < -0.3 is 5.73 Å². The van der Waals surface area contributed by atoms with E-state index in [0.717, 1.165) is 4.47 Å². The number of pyridine rings is 1. The molecule has 0 fully saturated rings. The number of hydrogen-bond donors (Lipinski definition) is 2. The van der Waals surface area contributed by atoms with Crippen molar-refractivity contribution in [1.29, 1.82) is 0 Å². The zero-order valence-electron chi connectivity index (χ0n) is 11.0. The Hall–Kier alpha value is -1.60. The normalized spacial score (nSPS) is 11.3. The largest absolute Gasteiger partial charge is 0.399 e. The van der Waals surface area contributed by atoms with E-state index in [1.165, 1.54) is 6.07 Å². The third-order valence-corrected chi connectivity index (χ3v) is 5.10. The fraction of sp³-hybridized carbons (Fsp3) is 0.154. The lowest BCUT2D eigenvalue weighted by atomic mass is 10.2. The molecule has 0 amide bonds. The molecule has 106 valence electrons. The van der Waals surface area contributed by atoms with Gasteiger partial charge in [0.25, 0.3) is 10.0 Å². The molecule has 1 heterocycles. The second-order valence-corrected chi connectivity index (χ2v) is 6.90. The second-order valence-electron chi connectivity index (χ2n) is 4.39. The summed E-state index contributed by atoms with van der Waals surface area (Å²) < 4.78 is 28.0. The van der Waals surface area contributed by atoms with E-state index < -0.39 is 10.0 Å². The van der Waals surface area contributed by atoms with Crippen LogP contribution in [0.25, 0.3) is 0 Å². The summed E-state index contributed by atoms with van der Waals surface area (Å²) in [4.78, 5) is 4.32. The molecular weight excluding hydrogens is 342 g/mol. The van der Waals surface area contributed by atoms with Gasteiger partial charge in [-0.05, 0) is 59.6 Å². The monoisotopic (exact) mass is 355 g/mol. The van der Waals surface area contributed by atoms with Crippen LogP contribution in [-0.4, -0.2) is 13.4 Å². The van der Waals surface area contributed by atoms with E-state index >= 15 is 0 Å². The number of halogens is 1. The highest BCUT2D eigenvalue weighted by Crippen LogP contribution is 2.22. The maximum Gasteiger partial charge on any atom is 0.263 e. The zero-order chi connectivity index (χ0) is 14.9. The molecule has 0 saturated heterocycles. The number of sulfonamides is 1. The molecule has 0 unspecified atom stereocenters. The molecule has 2 rings (SSSR count). The first-order valence-electron chi connectivity index (χ1n) is 5.82. The lowest BCUT2D eigenvalue weighted by Gasteiger charge is -2.11. The summed E-state index contributed by atoms with van der Waals surface area (Å²) in [5.41, 5.74) is 7.38. The third-order valence-electron chi connectivity index (χ3n) is 2.76. The van der Waals surface area contributed by atoms with Crippen molar-refractivity contribution < 1.29 is 8.42 Å². The summed E-state index contributed by atoms with van der Waals surface area (Å²) in [7, 11) is -3.70. The highest BCUT2D eigenvalue weighted by atomic mass is 79.9. The first kappa shape index (κ1) is 14.8. The van der Waals surface area contributed by atoms with E-state index in [9.17, 15) is 8.42 Å². The number of nitrogens with one attached hydrogen (secondary N) is 1. The van der Waals surface area contributed by atoms with Gasteiger partial charge in [0.2, 0.25) is 0 Å². The summed E-state index contributed by atoms with van der Waals surface area (Å²) in [6.07, 6.45) is 0. The van der Waals surface area contributed by atoms with Crippen LogP contribution in [0.3, 0.4) is 0 Å². The number of aryl methyl sites for hydroxylation is 2. The van der Waals surface area contributed by atoms with Gasteiger partial charge in [-0.1, -0.05) is 6.07 Å². The molecule has 2 aromatic rings. The van der Waals surface area contributed by atoms with Gasteiger partial charge in [0.05, 0.1) is 10.6 Å². The van der Waals surface area contributed by atoms with Crippen molar-refractivity contribution in [1.82, 2.24) is 4.98 Å². The summed E-state index contributed by atoms with van der Waals surface area (Å²) in [6, 6.07) is 8.10. The minimum absolute atomic E-state index is 0.153. The minimum atomic E-state index is -3.70. The molecule has 1 aromatic carbocycles. The lowest BCUT2D eigenvalue weighted by Crippen LogP contribution is -2.15. The summed E-state index contributed by atoms with van der Waals surface area (Å²) >= 11 is 3.32. The van der Waals surface area contributed by atoms with Gasteiger partial charge in [-0.3, -0.25) is 4.72 Å². The number of benzene rings is 1. The molecular formula is C13H14BrN3O2S. The second kappa shape index (κ2) is 5.41. The third kappa shape index (κ3) is 3.10. The van der Waals surface area contributed by atoms with Crippen molar-refractivity contribution in [2.24, 2.45) is 0 Å². The Bertz CT molecular complexity index is 760. The number of nitrogens with zero attached hydrogens (tertiary/aromatic N) is 1. The molecule has 0 aliphatic rings. The van der Waals surface area contributed by atoms with Crippen LogP contribution in [0, 0.1) is 13.8 Å². The molecule has 0 spiro atoms. The fourth-order valence-corrected chi connectivity index (χ4v) is 3.20. The molecule has 3 N–H and O–H groups in total. The molecule has 0 aliphatic carbocycles. The molecule has 7 heteroatoms. The number of rotatable bonds is 3. The Morgan fingerprint density at radius 3 is 2.55 bits per heavy atom. The Morgan fingerprint density at radius 2 is 1.90 bits per heavy atom. The van der Waals surface area contributed by atoms with E-state index in [1.807, 2.05) is 0 Å². The van der Waals surface area contributed by atoms with E-state index in [1.54, 1.807) is 38.1 Å². The first-order valence-corrected chi connectivity index (χ1v) is 8.09. The van der Waals surface area contributed by atoms with Crippen LogP contribution in [0.5, 0.6) is 0 Å². The van der Waals surface area contributed by atoms with Crippen LogP contribution in [0.4, 0.5) is 11.5 Å².